The molecule has 0 bridgehead atoms. The molecule has 122 valence electrons. The molecule has 4 heteroatoms. The molecule has 1 N–H and O–H groups in total. The Morgan fingerprint density at radius 2 is 1.87 bits per heavy atom. The van der Waals surface area contributed by atoms with E-state index in [1.54, 1.807) is 12.1 Å². The average Bonchev–Trinajstić information content (AvgIpc) is 2.51. The first-order chi connectivity index (χ1) is 10.9. The summed E-state index contributed by atoms with van der Waals surface area (Å²) in [6, 6.07) is 13.8. The molecule has 3 nitrogen and oxygen atoms in total. The van der Waals surface area contributed by atoms with Crippen molar-refractivity contribution in [3.05, 3.63) is 65.5 Å². The third-order valence-corrected chi connectivity index (χ3v) is 3.47. The number of carbonyl (C=O) groups is 1. The van der Waals surface area contributed by atoms with Crippen LogP contribution in [0.4, 0.5) is 4.39 Å². The largest absolute Gasteiger partial charge is 0.492 e. The first-order valence-corrected chi connectivity index (χ1v) is 7.64. The second-order valence-electron chi connectivity index (χ2n) is 6.36. The highest BCUT2D eigenvalue weighted by atomic mass is 19.1. The van der Waals surface area contributed by atoms with Gasteiger partial charge in [0, 0.05) is 0 Å². The molecule has 2 aromatic rings. The van der Waals surface area contributed by atoms with E-state index >= 15 is 0 Å². The van der Waals surface area contributed by atoms with Gasteiger partial charge in [-0.25, -0.2) is 4.39 Å². The second kappa shape index (κ2) is 7.27. The smallest absolute Gasteiger partial charge is 0.254 e. The highest BCUT2D eigenvalue weighted by Crippen LogP contribution is 2.25. The molecular formula is C19H22FNO2. The Kier molecular flexibility index (Phi) is 5.37. The second-order valence-corrected chi connectivity index (χ2v) is 6.36. The molecule has 0 saturated carbocycles. The van der Waals surface area contributed by atoms with Gasteiger partial charge in [0.1, 0.15) is 18.2 Å². The van der Waals surface area contributed by atoms with Crippen molar-refractivity contribution in [2.24, 2.45) is 0 Å². The normalized spacial score (nSPS) is 11.1. The summed E-state index contributed by atoms with van der Waals surface area (Å²) in [5, 5.41) is 2.65. The van der Waals surface area contributed by atoms with E-state index in [-0.39, 0.29) is 11.0 Å². The zero-order valence-corrected chi connectivity index (χ0v) is 13.7. The summed E-state index contributed by atoms with van der Waals surface area (Å²) in [4.78, 5) is 11.9. The number of hydrogen-bond acceptors (Lipinski definition) is 2. The van der Waals surface area contributed by atoms with Crippen molar-refractivity contribution in [2.75, 3.05) is 13.2 Å². The van der Waals surface area contributed by atoms with Crippen molar-refractivity contribution in [3.8, 4) is 5.75 Å². The molecule has 0 spiro atoms. The van der Waals surface area contributed by atoms with Crippen molar-refractivity contribution < 1.29 is 13.9 Å². The third kappa shape index (κ3) is 4.81. The van der Waals surface area contributed by atoms with Crippen LogP contribution in [0.25, 0.3) is 0 Å². The van der Waals surface area contributed by atoms with Crippen LogP contribution in [0, 0.1) is 5.82 Å². The third-order valence-electron chi connectivity index (χ3n) is 3.47. The van der Waals surface area contributed by atoms with Gasteiger partial charge in [0.15, 0.2) is 0 Å². The van der Waals surface area contributed by atoms with E-state index in [1.165, 1.54) is 17.7 Å². The molecule has 0 atom stereocenters. The Morgan fingerprint density at radius 1 is 1.13 bits per heavy atom. The van der Waals surface area contributed by atoms with Gasteiger partial charge >= 0.3 is 0 Å². The maximum Gasteiger partial charge on any atom is 0.254 e. The molecule has 0 aliphatic rings. The highest BCUT2D eigenvalue weighted by Gasteiger charge is 2.14. The fourth-order valence-electron chi connectivity index (χ4n) is 2.13. The van der Waals surface area contributed by atoms with E-state index < -0.39 is 11.7 Å². The van der Waals surface area contributed by atoms with Crippen molar-refractivity contribution >= 4 is 5.91 Å². The van der Waals surface area contributed by atoms with E-state index in [9.17, 15) is 9.18 Å². The van der Waals surface area contributed by atoms with Crippen molar-refractivity contribution in [2.45, 2.75) is 26.2 Å². The maximum absolute atomic E-state index is 13.5. The fraction of sp³-hybridized carbons (Fsp3) is 0.316. The Balaban J connectivity index is 1.84. The number of hydrogen-bond donors (Lipinski definition) is 1. The Bertz CT molecular complexity index is 677. The van der Waals surface area contributed by atoms with Gasteiger partial charge in [-0.1, -0.05) is 45.0 Å². The van der Waals surface area contributed by atoms with Gasteiger partial charge in [0.05, 0.1) is 12.1 Å². The number of carbonyl (C=O) groups excluding carboxylic acids is 1. The molecule has 0 aliphatic heterocycles. The van der Waals surface area contributed by atoms with Gasteiger partial charge in [-0.05, 0) is 35.2 Å². The first-order valence-electron chi connectivity index (χ1n) is 7.64. The summed E-state index contributed by atoms with van der Waals surface area (Å²) in [6.45, 7) is 7.06. The number of amides is 1. The molecule has 2 aromatic carbocycles. The van der Waals surface area contributed by atoms with Gasteiger partial charge in [0.25, 0.3) is 5.91 Å². The van der Waals surface area contributed by atoms with E-state index in [2.05, 4.69) is 32.2 Å². The Labute approximate surface area is 136 Å². The Hall–Kier alpha value is -2.36. The lowest BCUT2D eigenvalue weighted by atomic mass is 9.87. The predicted molar refractivity (Wildman–Crippen MR) is 89.4 cm³/mol. The molecule has 0 aliphatic carbocycles. The molecule has 2 rings (SSSR count). The van der Waals surface area contributed by atoms with Crippen LogP contribution in [-0.4, -0.2) is 19.1 Å². The Morgan fingerprint density at radius 3 is 2.57 bits per heavy atom. The van der Waals surface area contributed by atoms with E-state index in [0.717, 1.165) is 5.75 Å². The monoisotopic (exact) mass is 315 g/mol. The first kappa shape index (κ1) is 17.0. The molecule has 0 aromatic heterocycles. The SMILES string of the molecule is CC(C)(C)c1cccc(OCCNC(=O)c2ccccc2F)c1. The zero-order valence-electron chi connectivity index (χ0n) is 13.7. The minimum atomic E-state index is -0.524. The van der Waals surface area contributed by atoms with Crippen LogP contribution in [0.1, 0.15) is 36.7 Å². The lowest BCUT2D eigenvalue weighted by Crippen LogP contribution is -2.28. The van der Waals surface area contributed by atoms with E-state index in [0.29, 0.717) is 13.2 Å². The molecule has 23 heavy (non-hydrogen) atoms. The summed E-state index contributed by atoms with van der Waals surface area (Å²) in [5.41, 5.74) is 1.28. The number of rotatable bonds is 5. The average molecular weight is 315 g/mol. The fourth-order valence-corrected chi connectivity index (χ4v) is 2.13. The van der Waals surface area contributed by atoms with Crippen molar-refractivity contribution in [1.82, 2.24) is 5.32 Å². The minimum Gasteiger partial charge on any atom is -0.492 e. The molecular weight excluding hydrogens is 293 g/mol. The minimum absolute atomic E-state index is 0.0437. The predicted octanol–water partition coefficient (Wildman–Crippen LogP) is 3.93. The summed E-state index contributed by atoms with van der Waals surface area (Å²) < 4.78 is 19.1. The molecule has 0 heterocycles. The highest BCUT2D eigenvalue weighted by molar-refractivity contribution is 5.94. The summed E-state index contributed by atoms with van der Waals surface area (Å²) in [6.07, 6.45) is 0. The quantitative estimate of drug-likeness (QED) is 0.849. The van der Waals surface area contributed by atoms with Crippen LogP contribution in [-0.2, 0) is 5.41 Å². The van der Waals surface area contributed by atoms with Crippen LogP contribution in [0.2, 0.25) is 0 Å². The molecule has 0 fully saturated rings. The van der Waals surface area contributed by atoms with E-state index in [4.69, 9.17) is 4.74 Å². The topological polar surface area (TPSA) is 38.3 Å². The van der Waals surface area contributed by atoms with Gasteiger partial charge in [-0.3, -0.25) is 4.79 Å². The van der Waals surface area contributed by atoms with Crippen molar-refractivity contribution in [1.29, 1.82) is 0 Å². The van der Waals surface area contributed by atoms with Crippen LogP contribution < -0.4 is 10.1 Å². The molecule has 0 radical (unpaired) electrons. The van der Waals surface area contributed by atoms with Crippen LogP contribution in [0.15, 0.2) is 48.5 Å². The number of halogens is 1. The maximum atomic E-state index is 13.5. The van der Waals surface area contributed by atoms with Gasteiger partial charge < -0.3 is 10.1 Å². The van der Waals surface area contributed by atoms with Gasteiger partial charge in [-0.15, -0.1) is 0 Å². The number of benzene rings is 2. The van der Waals surface area contributed by atoms with Gasteiger partial charge in [-0.2, -0.15) is 0 Å². The number of ether oxygens (including phenoxy) is 1. The summed E-state index contributed by atoms with van der Waals surface area (Å²) in [7, 11) is 0. The molecule has 1 amide bonds. The van der Waals surface area contributed by atoms with Crippen LogP contribution >= 0.6 is 0 Å². The zero-order chi connectivity index (χ0) is 16.9. The molecule has 0 saturated heterocycles. The van der Waals surface area contributed by atoms with Crippen LogP contribution in [0.5, 0.6) is 5.75 Å². The standard InChI is InChI=1S/C19H22FNO2/c1-19(2,3)14-7-6-8-15(13-14)23-12-11-21-18(22)16-9-4-5-10-17(16)20/h4-10,13H,11-12H2,1-3H3,(H,21,22). The lowest BCUT2D eigenvalue weighted by molar-refractivity contribution is 0.0943. The van der Waals surface area contributed by atoms with Gasteiger partial charge in [0.2, 0.25) is 0 Å². The number of nitrogens with one attached hydrogen (secondary N) is 1. The van der Waals surface area contributed by atoms with Crippen molar-refractivity contribution in [3.63, 3.8) is 0 Å². The van der Waals surface area contributed by atoms with Crippen LogP contribution in [0.3, 0.4) is 0 Å². The van der Waals surface area contributed by atoms with E-state index in [1.807, 2.05) is 18.2 Å². The summed E-state index contributed by atoms with van der Waals surface area (Å²) >= 11 is 0. The lowest BCUT2D eigenvalue weighted by Gasteiger charge is -2.19. The molecule has 0 unspecified atom stereocenters. The summed E-state index contributed by atoms with van der Waals surface area (Å²) in [5.74, 6) is -0.198.